The summed E-state index contributed by atoms with van der Waals surface area (Å²) in [5.74, 6) is 0.862. The van der Waals surface area contributed by atoms with Crippen LogP contribution < -0.4 is 11.0 Å². The van der Waals surface area contributed by atoms with Gasteiger partial charge in [0.2, 0.25) is 0 Å². The van der Waals surface area contributed by atoms with Crippen molar-refractivity contribution in [1.82, 2.24) is 19.6 Å². The number of hydrogen-bond donors (Lipinski definition) is 2. The SMILES string of the molecule is O=C(Nn1c(SCc2nc3ccccc3[nH]2)nc2ccsc2c1=O)c1ccccc1. The van der Waals surface area contributed by atoms with Crippen molar-refractivity contribution in [2.75, 3.05) is 5.43 Å². The summed E-state index contributed by atoms with van der Waals surface area (Å²) in [5, 5.41) is 2.21. The predicted octanol–water partition coefficient (Wildman–Crippen LogP) is 4.01. The van der Waals surface area contributed by atoms with Gasteiger partial charge in [0, 0.05) is 5.56 Å². The van der Waals surface area contributed by atoms with Gasteiger partial charge in [-0.3, -0.25) is 15.0 Å². The summed E-state index contributed by atoms with van der Waals surface area (Å²) in [4.78, 5) is 38.1. The lowest BCUT2D eigenvalue weighted by Crippen LogP contribution is -2.34. The smallest absolute Gasteiger partial charge is 0.291 e. The maximum atomic E-state index is 13.0. The molecule has 7 nitrogen and oxygen atoms in total. The van der Waals surface area contributed by atoms with Crippen LogP contribution in [0.3, 0.4) is 0 Å². The number of benzene rings is 2. The molecule has 0 saturated carbocycles. The minimum atomic E-state index is -0.374. The molecule has 30 heavy (non-hydrogen) atoms. The molecular weight excluding hydrogens is 418 g/mol. The van der Waals surface area contributed by atoms with Crippen LogP contribution in [0.4, 0.5) is 0 Å². The van der Waals surface area contributed by atoms with Crippen LogP contribution in [0.1, 0.15) is 16.2 Å². The van der Waals surface area contributed by atoms with Gasteiger partial charge in [-0.25, -0.2) is 9.97 Å². The second-order valence-corrected chi connectivity index (χ2v) is 8.32. The van der Waals surface area contributed by atoms with Gasteiger partial charge in [0.05, 0.1) is 22.3 Å². The first-order valence-corrected chi connectivity index (χ1v) is 11.0. The van der Waals surface area contributed by atoms with E-state index >= 15 is 0 Å². The summed E-state index contributed by atoms with van der Waals surface area (Å²) < 4.78 is 1.72. The van der Waals surface area contributed by atoms with Crippen molar-refractivity contribution in [3.63, 3.8) is 0 Å². The number of amides is 1. The van der Waals surface area contributed by atoms with Gasteiger partial charge in [-0.05, 0) is 35.7 Å². The Morgan fingerprint density at radius 2 is 1.83 bits per heavy atom. The lowest BCUT2D eigenvalue weighted by molar-refractivity contribution is 0.100. The van der Waals surface area contributed by atoms with Crippen LogP contribution in [0.25, 0.3) is 21.3 Å². The van der Waals surface area contributed by atoms with Crippen LogP contribution in [-0.2, 0) is 5.75 Å². The van der Waals surface area contributed by atoms with Gasteiger partial charge < -0.3 is 4.98 Å². The largest absolute Gasteiger partial charge is 0.341 e. The normalized spacial score (nSPS) is 11.2. The molecule has 0 aliphatic carbocycles. The van der Waals surface area contributed by atoms with E-state index in [0.29, 0.717) is 26.7 Å². The Morgan fingerprint density at radius 1 is 1.03 bits per heavy atom. The lowest BCUT2D eigenvalue weighted by Gasteiger charge is -2.12. The molecule has 0 saturated heterocycles. The highest BCUT2D eigenvalue weighted by Gasteiger charge is 2.16. The number of para-hydroxylation sites is 2. The van der Waals surface area contributed by atoms with E-state index in [-0.39, 0.29) is 11.5 Å². The zero-order valence-electron chi connectivity index (χ0n) is 15.5. The van der Waals surface area contributed by atoms with Crippen molar-refractivity contribution in [3.8, 4) is 0 Å². The minimum absolute atomic E-state index is 0.300. The molecule has 0 atom stereocenters. The summed E-state index contributed by atoms with van der Waals surface area (Å²) >= 11 is 2.64. The highest BCUT2D eigenvalue weighted by Crippen LogP contribution is 2.23. The van der Waals surface area contributed by atoms with E-state index in [9.17, 15) is 9.59 Å². The van der Waals surface area contributed by atoms with E-state index < -0.39 is 0 Å². The molecule has 1 amide bonds. The molecule has 3 heterocycles. The van der Waals surface area contributed by atoms with E-state index in [1.54, 1.807) is 30.3 Å². The number of carbonyl (C=O) groups is 1. The second kappa shape index (κ2) is 7.77. The lowest BCUT2D eigenvalue weighted by atomic mass is 10.2. The predicted molar refractivity (Wildman–Crippen MR) is 120 cm³/mol. The van der Waals surface area contributed by atoms with Gasteiger partial charge in [-0.2, -0.15) is 4.68 Å². The Hall–Kier alpha value is -3.43. The van der Waals surface area contributed by atoms with E-state index in [0.717, 1.165) is 16.9 Å². The number of thiophene rings is 1. The summed E-state index contributed by atoms with van der Waals surface area (Å²) in [6.45, 7) is 0. The van der Waals surface area contributed by atoms with Crippen LogP contribution in [0, 0.1) is 0 Å². The number of aromatic amines is 1. The maximum Gasteiger partial charge on any atom is 0.291 e. The maximum absolute atomic E-state index is 13.0. The Labute approximate surface area is 178 Å². The van der Waals surface area contributed by atoms with Crippen molar-refractivity contribution in [2.45, 2.75) is 10.9 Å². The molecule has 0 bridgehead atoms. The first-order chi connectivity index (χ1) is 14.7. The molecule has 0 fully saturated rings. The molecule has 2 N–H and O–H groups in total. The number of hydrogen-bond acceptors (Lipinski definition) is 6. The number of aromatic nitrogens is 4. The fourth-order valence-electron chi connectivity index (χ4n) is 3.05. The van der Waals surface area contributed by atoms with Crippen LogP contribution in [0.5, 0.6) is 0 Å². The van der Waals surface area contributed by atoms with Gasteiger partial charge in [0.15, 0.2) is 5.16 Å². The number of rotatable bonds is 5. The Morgan fingerprint density at radius 3 is 2.67 bits per heavy atom. The van der Waals surface area contributed by atoms with Crippen LogP contribution in [-0.4, -0.2) is 25.5 Å². The summed E-state index contributed by atoms with van der Waals surface area (Å²) in [6.07, 6.45) is 0. The van der Waals surface area contributed by atoms with Crippen molar-refractivity contribution >= 4 is 50.3 Å². The fraction of sp³-hybridized carbons (Fsp3) is 0.0476. The van der Waals surface area contributed by atoms with Crippen LogP contribution in [0.2, 0.25) is 0 Å². The topological polar surface area (TPSA) is 92.7 Å². The third kappa shape index (κ3) is 3.49. The molecule has 0 unspecified atom stereocenters. The average molecular weight is 434 g/mol. The molecule has 3 aromatic heterocycles. The number of thioether (sulfide) groups is 1. The van der Waals surface area contributed by atoms with Gasteiger partial charge in [0.1, 0.15) is 10.5 Å². The molecule has 2 aromatic carbocycles. The van der Waals surface area contributed by atoms with Crippen molar-refractivity contribution < 1.29 is 4.79 Å². The number of imidazole rings is 1. The van der Waals surface area contributed by atoms with E-state index in [2.05, 4.69) is 20.4 Å². The first-order valence-electron chi connectivity index (χ1n) is 9.12. The molecule has 0 spiro atoms. The van der Waals surface area contributed by atoms with E-state index in [1.807, 2.05) is 35.7 Å². The number of H-pyrrole nitrogens is 1. The summed E-state index contributed by atoms with van der Waals surface area (Å²) in [7, 11) is 0. The third-order valence-corrected chi connectivity index (χ3v) is 6.32. The quantitative estimate of drug-likeness (QED) is 0.323. The highest BCUT2D eigenvalue weighted by molar-refractivity contribution is 7.98. The van der Waals surface area contributed by atoms with E-state index in [4.69, 9.17) is 0 Å². The highest BCUT2D eigenvalue weighted by atomic mass is 32.2. The van der Waals surface area contributed by atoms with Gasteiger partial charge in [-0.1, -0.05) is 42.1 Å². The standard InChI is InChI=1S/C21H15N5O2S2/c27-19(13-6-2-1-3-7-13)25-26-20(28)18-16(10-11-29-18)24-21(26)30-12-17-22-14-8-4-5-9-15(14)23-17/h1-11H,12H2,(H,22,23)(H,25,27). The molecule has 0 aliphatic heterocycles. The minimum Gasteiger partial charge on any atom is -0.341 e. The van der Waals surface area contributed by atoms with Crippen molar-refractivity contribution in [1.29, 1.82) is 0 Å². The number of carbonyl (C=O) groups excluding carboxylic acids is 1. The zero-order chi connectivity index (χ0) is 20.5. The molecule has 5 rings (SSSR count). The molecule has 5 aromatic rings. The van der Waals surface area contributed by atoms with Gasteiger partial charge >= 0.3 is 0 Å². The molecular formula is C21H15N5O2S2. The number of fused-ring (bicyclic) bond motifs is 2. The number of nitrogens with zero attached hydrogens (tertiary/aromatic N) is 3. The third-order valence-electron chi connectivity index (χ3n) is 4.47. The molecule has 0 radical (unpaired) electrons. The Kier molecular flexibility index (Phi) is 4.82. The molecule has 9 heteroatoms. The fourth-order valence-corrected chi connectivity index (χ4v) is 4.63. The molecule has 0 aliphatic rings. The Bertz CT molecular complexity index is 1390. The van der Waals surface area contributed by atoms with E-state index in [1.165, 1.54) is 27.8 Å². The Balaban J connectivity index is 1.49. The van der Waals surface area contributed by atoms with Crippen molar-refractivity contribution in [2.24, 2.45) is 0 Å². The number of nitrogens with one attached hydrogen (secondary N) is 2. The van der Waals surface area contributed by atoms with Crippen molar-refractivity contribution in [3.05, 3.63) is 87.8 Å². The first kappa shape index (κ1) is 18.6. The molecule has 148 valence electrons. The monoisotopic (exact) mass is 433 g/mol. The van der Waals surface area contributed by atoms with Gasteiger partial charge in [-0.15, -0.1) is 11.3 Å². The second-order valence-electron chi connectivity index (χ2n) is 6.47. The zero-order valence-corrected chi connectivity index (χ0v) is 17.2. The average Bonchev–Trinajstić information content (AvgIpc) is 3.41. The summed E-state index contributed by atoms with van der Waals surface area (Å²) in [5.41, 5.74) is 5.30. The van der Waals surface area contributed by atoms with Crippen LogP contribution >= 0.6 is 23.1 Å². The van der Waals surface area contributed by atoms with Crippen LogP contribution in [0.15, 0.2) is 76.0 Å². The van der Waals surface area contributed by atoms with Gasteiger partial charge in [0.25, 0.3) is 11.5 Å². The summed E-state index contributed by atoms with van der Waals surface area (Å²) in [6, 6.07) is 18.3.